The number of benzene rings is 1. The predicted octanol–water partition coefficient (Wildman–Crippen LogP) is 2.83. The van der Waals surface area contributed by atoms with E-state index in [2.05, 4.69) is 10.1 Å². The zero-order valence-electron chi connectivity index (χ0n) is 15.0. The molecule has 28 heavy (non-hydrogen) atoms. The van der Waals surface area contributed by atoms with Crippen molar-refractivity contribution < 1.29 is 23.6 Å². The van der Waals surface area contributed by atoms with Crippen LogP contribution in [0.25, 0.3) is 11.4 Å². The number of ether oxygens (including phenoxy) is 1. The number of esters is 1. The van der Waals surface area contributed by atoms with Crippen molar-refractivity contribution in [1.82, 2.24) is 15.0 Å². The third-order valence-electron chi connectivity index (χ3n) is 4.39. The minimum Gasteiger partial charge on any atom is -0.454 e. The van der Waals surface area contributed by atoms with Crippen LogP contribution in [0.1, 0.15) is 39.1 Å². The van der Waals surface area contributed by atoms with E-state index in [1.807, 2.05) is 23.8 Å². The average Bonchev–Trinajstić information content (AvgIpc) is 3.40. The zero-order valence-corrected chi connectivity index (χ0v) is 15.9. The Morgan fingerprint density at radius 1 is 1.25 bits per heavy atom. The molecule has 3 heterocycles. The maximum Gasteiger partial charge on any atom is 0.329 e. The molecule has 0 radical (unpaired) electrons. The van der Waals surface area contributed by atoms with Crippen molar-refractivity contribution in [2.75, 3.05) is 0 Å². The van der Waals surface area contributed by atoms with Gasteiger partial charge in [0.25, 0.3) is 17.7 Å². The number of rotatable bonds is 5. The van der Waals surface area contributed by atoms with Gasteiger partial charge in [-0.05, 0) is 37.4 Å². The van der Waals surface area contributed by atoms with Gasteiger partial charge < -0.3 is 9.26 Å². The highest BCUT2D eigenvalue weighted by atomic mass is 32.1. The monoisotopic (exact) mass is 397 g/mol. The summed E-state index contributed by atoms with van der Waals surface area (Å²) in [7, 11) is 0. The molecule has 1 aliphatic heterocycles. The molecule has 2 aromatic heterocycles. The van der Waals surface area contributed by atoms with Gasteiger partial charge >= 0.3 is 5.97 Å². The number of aryl methyl sites for hydroxylation is 1. The molecule has 1 aromatic carbocycles. The van der Waals surface area contributed by atoms with Gasteiger partial charge in [-0.2, -0.15) is 16.3 Å². The van der Waals surface area contributed by atoms with Crippen LogP contribution in [0.3, 0.4) is 0 Å². The number of amides is 2. The fourth-order valence-electron chi connectivity index (χ4n) is 2.91. The standard InChI is InChI=1S/C19H15N3O5S/c1-10-3-4-13-14(7-10)18(24)22(17(13)23)11(2)19(25)26-8-15-20-16(21-27-15)12-5-6-28-9-12/h3-7,9,11H,8H2,1-2H3. The third kappa shape index (κ3) is 3.09. The van der Waals surface area contributed by atoms with Crippen molar-refractivity contribution in [3.05, 3.63) is 57.6 Å². The van der Waals surface area contributed by atoms with E-state index in [0.29, 0.717) is 11.4 Å². The Hall–Kier alpha value is -3.33. The summed E-state index contributed by atoms with van der Waals surface area (Å²) in [6, 6.07) is 5.74. The van der Waals surface area contributed by atoms with Crippen LogP contribution in [0.2, 0.25) is 0 Å². The molecule has 142 valence electrons. The van der Waals surface area contributed by atoms with Gasteiger partial charge in [-0.25, -0.2) is 4.79 Å². The first-order valence-electron chi connectivity index (χ1n) is 8.46. The molecule has 0 fully saturated rings. The summed E-state index contributed by atoms with van der Waals surface area (Å²) in [5.41, 5.74) is 2.24. The number of carbonyl (C=O) groups excluding carboxylic acids is 3. The number of hydrogen-bond donors (Lipinski definition) is 0. The molecule has 0 spiro atoms. The van der Waals surface area contributed by atoms with Gasteiger partial charge in [0.15, 0.2) is 6.61 Å². The van der Waals surface area contributed by atoms with E-state index in [1.54, 1.807) is 18.2 Å². The van der Waals surface area contributed by atoms with Gasteiger partial charge in [-0.1, -0.05) is 16.8 Å². The molecule has 0 aliphatic carbocycles. The minimum atomic E-state index is -1.08. The second-order valence-electron chi connectivity index (χ2n) is 6.34. The van der Waals surface area contributed by atoms with E-state index in [9.17, 15) is 14.4 Å². The lowest BCUT2D eigenvalue weighted by Crippen LogP contribution is -2.43. The highest BCUT2D eigenvalue weighted by molar-refractivity contribution is 7.08. The van der Waals surface area contributed by atoms with Gasteiger partial charge in [0, 0.05) is 10.9 Å². The summed E-state index contributed by atoms with van der Waals surface area (Å²) in [5, 5.41) is 7.58. The third-order valence-corrected chi connectivity index (χ3v) is 5.07. The number of imide groups is 1. The molecule has 3 aromatic rings. The number of thiophene rings is 1. The van der Waals surface area contributed by atoms with Crippen LogP contribution in [0.15, 0.2) is 39.5 Å². The van der Waals surface area contributed by atoms with Gasteiger partial charge in [-0.15, -0.1) is 0 Å². The second-order valence-corrected chi connectivity index (χ2v) is 7.12. The lowest BCUT2D eigenvalue weighted by molar-refractivity contribution is -0.149. The lowest BCUT2D eigenvalue weighted by Gasteiger charge is -2.20. The van der Waals surface area contributed by atoms with E-state index >= 15 is 0 Å². The number of carbonyl (C=O) groups is 3. The molecular formula is C19H15N3O5S. The Morgan fingerprint density at radius 3 is 2.79 bits per heavy atom. The van der Waals surface area contributed by atoms with Crippen molar-refractivity contribution in [1.29, 1.82) is 0 Å². The smallest absolute Gasteiger partial charge is 0.329 e. The van der Waals surface area contributed by atoms with E-state index < -0.39 is 23.8 Å². The maximum atomic E-state index is 12.6. The SMILES string of the molecule is Cc1ccc2c(c1)C(=O)N(C(C)C(=O)OCc1nc(-c3ccsc3)no1)C2=O. The Bertz CT molecular complexity index is 1070. The number of fused-ring (bicyclic) bond motifs is 1. The first kappa shape index (κ1) is 18.1. The average molecular weight is 397 g/mol. The van der Waals surface area contributed by atoms with Crippen molar-refractivity contribution >= 4 is 29.1 Å². The zero-order chi connectivity index (χ0) is 19.8. The van der Waals surface area contributed by atoms with Crippen LogP contribution in [-0.4, -0.2) is 38.9 Å². The predicted molar refractivity (Wildman–Crippen MR) is 98.5 cm³/mol. The molecular weight excluding hydrogens is 382 g/mol. The van der Waals surface area contributed by atoms with Crippen LogP contribution in [0, 0.1) is 6.92 Å². The van der Waals surface area contributed by atoms with Crippen molar-refractivity contribution in [3.8, 4) is 11.4 Å². The molecule has 1 aliphatic rings. The Morgan fingerprint density at radius 2 is 2.04 bits per heavy atom. The number of aromatic nitrogens is 2. The molecule has 4 rings (SSSR count). The van der Waals surface area contributed by atoms with Gasteiger partial charge in [0.1, 0.15) is 6.04 Å². The van der Waals surface area contributed by atoms with Gasteiger partial charge in [0.2, 0.25) is 5.82 Å². The molecule has 0 saturated carbocycles. The van der Waals surface area contributed by atoms with Crippen molar-refractivity contribution in [2.45, 2.75) is 26.5 Å². The van der Waals surface area contributed by atoms with Gasteiger partial charge in [0.05, 0.1) is 11.1 Å². The maximum absolute atomic E-state index is 12.6. The Labute approximate surface area is 163 Å². The Kier molecular flexibility index (Phi) is 4.52. The molecule has 2 amide bonds. The fraction of sp³-hybridized carbons (Fsp3) is 0.211. The molecule has 0 bridgehead atoms. The fourth-order valence-corrected chi connectivity index (χ4v) is 3.54. The summed E-state index contributed by atoms with van der Waals surface area (Å²) in [5.74, 6) is -1.23. The first-order valence-corrected chi connectivity index (χ1v) is 9.40. The minimum absolute atomic E-state index is 0.125. The van der Waals surface area contributed by atoms with Crippen LogP contribution in [0.5, 0.6) is 0 Å². The normalized spacial score (nSPS) is 14.3. The van der Waals surface area contributed by atoms with E-state index in [-0.39, 0.29) is 18.1 Å². The van der Waals surface area contributed by atoms with Crippen LogP contribution in [-0.2, 0) is 16.1 Å². The summed E-state index contributed by atoms with van der Waals surface area (Å²) in [6.45, 7) is 3.03. The van der Waals surface area contributed by atoms with Crippen molar-refractivity contribution in [2.24, 2.45) is 0 Å². The van der Waals surface area contributed by atoms with Gasteiger partial charge in [-0.3, -0.25) is 14.5 Å². The summed E-state index contributed by atoms with van der Waals surface area (Å²) in [4.78, 5) is 42.6. The van der Waals surface area contributed by atoms with Crippen LogP contribution >= 0.6 is 11.3 Å². The van der Waals surface area contributed by atoms with Crippen molar-refractivity contribution in [3.63, 3.8) is 0 Å². The Balaban J connectivity index is 1.43. The molecule has 8 nitrogen and oxygen atoms in total. The highest BCUT2D eigenvalue weighted by Gasteiger charge is 2.41. The quantitative estimate of drug-likeness (QED) is 0.482. The number of nitrogens with zero attached hydrogens (tertiary/aromatic N) is 3. The van der Waals surface area contributed by atoms with E-state index in [1.165, 1.54) is 18.3 Å². The summed E-state index contributed by atoms with van der Waals surface area (Å²) < 4.78 is 10.2. The summed E-state index contributed by atoms with van der Waals surface area (Å²) in [6.07, 6.45) is 0. The van der Waals surface area contributed by atoms with Crippen LogP contribution < -0.4 is 0 Å². The molecule has 0 saturated heterocycles. The number of hydrogen-bond acceptors (Lipinski definition) is 8. The second kappa shape index (κ2) is 7.01. The highest BCUT2D eigenvalue weighted by Crippen LogP contribution is 2.26. The molecule has 0 N–H and O–H groups in total. The summed E-state index contributed by atoms with van der Waals surface area (Å²) >= 11 is 1.50. The van der Waals surface area contributed by atoms with Crippen LogP contribution in [0.4, 0.5) is 0 Å². The van der Waals surface area contributed by atoms with E-state index in [0.717, 1.165) is 16.0 Å². The molecule has 1 atom stereocenters. The molecule has 9 heteroatoms. The molecule has 1 unspecified atom stereocenters. The largest absolute Gasteiger partial charge is 0.454 e. The van der Waals surface area contributed by atoms with E-state index in [4.69, 9.17) is 9.26 Å². The topological polar surface area (TPSA) is 103 Å². The lowest BCUT2D eigenvalue weighted by atomic mass is 10.1. The first-order chi connectivity index (χ1) is 13.5.